The third-order valence-electron chi connectivity index (χ3n) is 6.99. The molecular weight excluding hydrogens is 514 g/mol. The van der Waals surface area contributed by atoms with E-state index in [9.17, 15) is 9.59 Å². The second kappa shape index (κ2) is 16.4. The number of aromatic nitrogens is 1. The van der Waals surface area contributed by atoms with Gasteiger partial charge in [-0.2, -0.15) is 0 Å². The number of ketones is 1. The van der Waals surface area contributed by atoms with Crippen LogP contribution in [-0.2, 0) is 18.2 Å². The van der Waals surface area contributed by atoms with E-state index in [1.54, 1.807) is 12.3 Å². The van der Waals surface area contributed by atoms with Crippen molar-refractivity contribution in [1.29, 1.82) is 0 Å². The second-order valence-corrected chi connectivity index (χ2v) is 10.2. The Bertz CT molecular complexity index is 1390. The van der Waals surface area contributed by atoms with Gasteiger partial charge in [-0.15, -0.1) is 0 Å². The maximum absolute atomic E-state index is 13.4. The molecule has 6 nitrogen and oxygen atoms in total. The fourth-order valence-corrected chi connectivity index (χ4v) is 4.76. The van der Waals surface area contributed by atoms with E-state index in [4.69, 9.17) is 13.9 Å². The fourth-order valence-electron chi connectivity index (χ4n) is 4.76. The fraction of sp³-hybridized carbons (Fsp3) is 0.400. The first-order chi connectivity index (χ1) is 19.6. The van der Waals surface area contributed by atoms with Gasteiger partial charge in [-0.05, 0) is 55.7 Å². The molecule has 0 amide bonds. The minimum absolute atomic E-state index is 0. The molecule has 4 aromatic rings. The van der Waals surface area contributed by atoms with Gasteiger partial charge in [0, 0.05) is 23.4 Å². The van der Waals surface area contributed by atoms with E-state index in [-0.39, 0.29) is 19.2 Å². The van der Waals surface area contributed by atoms with Crippen LogP contribution >= 0.6 is 0 Å². The van der Waals surface area contributed by atoms with Crippen LogP contribution in [0.2, 0.25) is 0 Å². The predicted octanol–water partition coefficient (Wildman–Crippen LogP) is 8.04. The SMILES string of the molecule is C.CCCCc1oc2ccccc2c1C(=O)c1ccc(OCCCCCCCCOC(=O)c2ccc[n+](C)c2)cc1. The van der Waals surface area contributed by atoms with Crippen molar-refractivity contribution in [3.8, 4) is 5.75 Å². The molecule has 4 rings (SSSR count). The summed E-state index contributed by atoms with van der Waals surface area (Å²) in [5.41, 5.74) is 2.66. The van der Waals surface area contributed by atoms with Gasteiger partial charge >= 0.3 is 5.97 Å². The lowest BCUT2D eigenvalue weighted by atomic mass is 9.98. The lowest BCUT2D eigenvalue weighted by Gasteiger charge is -2.08. The number of esters is 1. The highest BCUT2D eigenvalue weighted by Gasteiger charge is 2.21. The Balaban J connectivity index is 0.00000462. The number of carbonyl (C=O) groups is 2. The molecule has 0 fully saturated rings. The molecule has 6 heteroatoms. The zero-order valence-electron chi connectivity index (χ0n) is 23.7. The Hall–Kier alpha value is -3.93. The summed E-state index contributed by atoms with van der Waals surface area (Å²) in [6, 6.07) is 18.8. The number of nitrogens with zero attached hydrogens (tertiary/aromatic N) is 1. The largest absolute Gasteiger partial charge is 0.494 e. The summed E-state index contributed by atoms with van der Waals surface area (Å²) < 4.78 is 19.2. The van der Waals surface area contributed by atoms with Gasteiger partial charge < -0.3 is 13.9 Å². The van der Waals surface area contributed by atoms with Crippen LogP contribution in [0.3, 0.4) is 0 Å². The number of unbranched alkanes of at least 4 members (excludes halogenated alkanes) is 6. The number of para-hydroxylation sites is 1. The van der Waals surface area contributed by atoms with Crippen molar-refractivity contribution >= 4 is 22.7 Å². The summed E-state index contributed by atoms with van der Waals surface area (Å²) in [6.45, 7) is 3.24. The summed E-state index contributed by atoms with van der Waals surface area (Å²) in [5, 5.41) is 0.876. The van der Waals surface area contributed by atoms with Crippen molar-refractivity contribution in [2.45, 2.75) is 72.1 Å². The lowest BCUT2D eigenvalue weighted by molar-refractivity contribution is -0.671. The zero-order valence-corrected chi connectivity index (χ0v) is 23.7. The van der Waals surface area contributed by atoms with Crippen LogP contribution < -0.4 is 9.30 Å². The molecule has 2 aromatic heterocycles. The molecule has 0 radical (unpaired) electrons. The Morgan fingerprint density at radius 2 is 1.51 bits per heavy atom. The van der Waals surface area contributed by atoms with Crippen molar-refractivity contribution in [3.63, 3.8) is 0 Å². The summed E-state index contributed by atoms with van der Waals surface area (Å²) in [4.78, 5) is 25.5. The van der Waals surface area contributed by atoms with Crippen LogP contribution in [0.15, 0.2) is 77.5 Å². The molecule has 0 atom stereocenters. The first kappa shape index (κ1) is 31.6. The number of carbonyl (C=O) groups excluding carboxylic acids is 2. The number of aryl methyl sites for hydroxylation is 2. The van der Waals surface area contributed by atoms with Crippen molar-refractivity contribution in [1.82, 2.24) is 0 Å². The first-order valence-electron chi connectivity index (χ1n) is 14.5. The van der Waals surface area contributed by atoms with Gasteiger partial charge in [0.1, 0.15) is 29.7 Å². The monoisotopic (exact) mass is 558 g/mol. The highest BCUT2D eigenvalue weighted by molar-refractivity contribution is 6.16. The minimum atomic E-state index is -0.266. The van der Waals surface area contributed by atoms with Crippen LogP contribution in [0.25, 0.3) is 11.0 Å². The highest BCUT2D eigenvalue weighted by Crippen LogP contribution is 2.30. The quantitative estimate of drug-likeness (QED) is 0.0602. The van der Waals surface area contributed by atoms with Gasteiger partial charge in [-0.3, -0.25) is 4.79 Å². The van der Waals surface area contributed by atoms with Crippen molar-refractivity contribution in [2.24, 2.45) is 7.05 Å². The van der Waals surface area contributed by atoms with E-state index < -0.39 is 0 Å². The van der Waals surface area contributed by atoms with Gasteiger partial charge in [0.2, 0.25) is 0 Å². The molecule has 0 bridgehead atoms. The molecule has 2 aromatic carbocycles. The molecule has 0 aliphatic heterocycles. The number of pyridine rings is 1. The Morgan fingerprint density at radius 3 is 2.24 bits per heavy atom. The maximum atomic E-state index is 13.4. The first-order valence-corrected chi connectivity index (χ1v) is 14.5. The summed E-state index contributed by atoms with van der Waals surface area (Å²) >= 11 is 0. The van der Waals surface area contributed by atoms with Crippen LogP contribution in [-0.4, -0.2) is 25.0 Å². The van der Waals surface area contributed by atoms with E-state index in [2.05, 4.69) is 6.92 Å². The van der Waals surface area contributed by atoms with Gasteiger partial charge in [0.15, 0.2) is 18.2 Å². The second-order valence-electron chi connectivity index (χ2n) is 10.2. The Morgan fingerprint density at radius 1 is 0.805 bits per heavy atom. The maximum Gasteiger partial charge on any atom is 0.344 e. The molecule has 0 saturated heterocycles. The number of fused-ring (bicyclic) bond motifs is 1. The number of benzene rings is 2. The third-order valence-corrected chi connectivity index (χ3v) is 6.99. The van der Waals surface area contributed by atoms with E-state index in [0.717, 1.165) is 80.3 Å². The van der Waals surface area contributed by atoms with E-state index in [1.165, 1.54) is 0 Å². The molecule has 0 aliphatic rings. The van der Waals surface area contributed by atoms with Crippen LogP contribution in [0.4, 0.5) is 0 Å². The lowest BCUT2D eigenvalue weighted by Crippen LogP contribution is -2.28. The number of hydrogen-bond donors (Lipinski definition) is 0. The Labute approximate surface area is 244 Å². The minimum Gasteiger partial charge on any atom is -0.494 e. The average molecular weight is 559 g/mol. The van der Waals surface area contributed by atoms with E-state index in [1.807, 2.05) is 72.4 Å². The molecule has 218 valence electrons. The average Bonchev–Trinajstić information content (AvgIpc) is 3.35. The van der Waals surface area contributed by atoms with E-state index in [0.29, 0.717) is 29.9 Å². The van der Waals surface area contributed by atoms with E-state index >= 15 is 0 Å². The molecular formula is C35H44NO5+. The van der Waals surface area contributed by atoms with Crippen LogP contribution in [0.1, 0.15) is 97.8 Å². The molecule has 0 saturated carbocycles. The Kier molecular flexibility index (Phi) is 12.6. The normalized spacial score (nSPS) is 10.8. The topological polar surface area (TPSA) is 69.6 Å². The van der Waals surface area contributed by atoms with Crippen LogP contribution in [0, 0.1) is 0 Å². The number of ether oxygens (including phenoxy) is 2. The summed E-state index contributed by atoms with van der Waals surface area (Å²) in [5.74, 6) is 1.27. The number of hydrogen-bond acceptors (Lipinski definition) is 5. The zero-order chi connectivity index (χ0) is 28.2. The molecule has 0 spiro atoms. The highest BCUT2D eigenvalue weighted by atomic mass is 16.5. The van der Waals surface area contributed by atoms with Gasteiger partial charge in [0.05, 0.1) is 18.8 Å². The van der Waals surface area contributed by atoms with Crippen molar-refractivity contribution in [3.05, 3.63) is 95.5 Å². The van der Waals surface area contributed by atoms with Gasteiger partial charge in [-0.1, -0.05) is 64.7 Å². The number of furan rings is 1. The standard InChI is InChI=1S/C34H40NO5.CH4/c1-3-4-16-31-32(29-15-9-10-17-30(29)40-31)33(36)26-18-20-28(21-19-26)38-23-11-7-5-6-8-12-24-39-34(37)27-14-13-22-35(2)25-27;/h9-10,13-15,17-22,25H,3-8,11-12,16,23-24H2,1-2H3;1H4/q+1;. The molecule has 0 unspecified atom stereocenters. The van der Waals surface area contributed by atoms with Crippen LogP contribution in [0.5, 0.6) is 5.75 Å². The number of rotatable bonds is 16. The smallest absolute Gasteiger partial charge is 0.344 e. The molecule has 0 aliphatic carbocycles. The molecule has 2 heterocycles. The summed E-state index contributed by atoms with van der Waals surface area (Å²) in [6.07, 6.45) is 12.6. The van der Waals surface area contributed by atoms with Gasteiger partial charge in [-0.25, -0.2) is 9.36 Å². The van der Waals surface area contributed by atoms with Gasteiger partial charge in [0.25, 0.3) is 0 Å². The molecule has 41 heavy (non-hydrogen) atoms. The third kappa shape index (κ3) is 9.04. The molecule has 0 N–H and O–H groups in total. The van der Waals surface area contributed by atoms with Crippen molar-refractivity contribution < 1.29 is 28.0 Å². The summed E-state index contributed by atoms with van der Waals surface area (Å²) in [7, 11) is 1.88. The predicted molar refractivity (Wildman–Crippen MR) is 163 cm³/mol. The van der Waals surface area contributed by atoms with Crippen molar-refractivity contribution in [2.75, 3.05) is 13.2 Å².